The molecule has 1 amide bonds. The van der Waals surface area contributed by atoms with E-state index >= 15 is 0 Å². The van der Waals surface area contributed by atoms with Crippen molar-refractivity contribution in [3.63, 3.8) is 0 Å². The van der Waals surface area contributed by atoms with Gasteiger partial charge in [0.25, 0.3) is 11.5 Å². The minimum atomic E-state index is -0.322. The predicted molar refractivity (Wildman–Crippen MR) is 83.7 cm³/mol. The lowest BCUT2D eigenvalue weighted by molar-refractivity contribution is 0.0953. The molecule has 0 unspecified atom stereocenters. The monoisotopic (exact) mass is 284 g/mol. The van der Waals surface area contributed by atoms with Crippen LogP contribution in [-0.2, 0) is 6.54 Å². The number of benzene rings is 1. The van der Waals surface area contributed by atoms with Crippen LogP contribution in [0.3, 0.4) is 0 Å². The van der Waals surface area contributed by atoms with E-state index in [0.717, 1.165) is 5.56 Å². The number of carbonyl (C=O) groups excluding carboxylic acids is 1. The number of amides is 1. The fraction of sp³-hybridized carbons (Fsp3) is 0.294. The van der Waals surface area contributed by atoms with Crippen LogP contribution in [0.4, 0.5) is 0 Å². The van der Waals surface area contributed by atoms with Gasteiger partial charge in [0, 0.05) is 12.7 Å². The molecule has 1 aromatic carbocycles. The fourth-order valence-electron chi connectivity index (χ4n) is 2.19. The van der Waals surface area contributed by atoms with Crippen LogP contribution in [0, 0.1) is 13.8 Å². The van der Waals surface area contributed by atoms with E-state index in [1.165, 1.54) is 11.1 Å². The second-order valence-corrected chi connectivity index (χ2v) is 5.13. The first-order valence-corrected chi connectivity index (χ1v) is 7.06. The molecule has 4 heteroatoms. The van der Waals surface area contributed by atoms with Crippen LogP contribution in [-0.4, -0.2) is 17.0 Å². The van der Waals surface area contributed by atoms with E-state index in [0.29, 0.717) is 13.1 Å². The van der Waals surface area contributed by atoms with Gasteiger partial charge >= 0.3 is 0 Å². The molecule has 1 aromatic heterocycles. The van der Waals surface area contributed by atoms with Gasteiger partial charge in [-0.3, -0.25) is 9.59 Å². The maximum absolute atomic E-state index is 12.3. The number of rotatable bonds is 4. The SMILES string of the molecule is CCNC(=O)c1cccn(Cc2ccc(C)c(C)c2)c1=O. The van der Waals surface area contributed by atoms with Crippen molar-refractivity contribution in [3.05, 3.63) is 69.1 Å². The molecule has 21 heavy (non-hydrogen) atoms. The zero-order valence-electron chi connectivity index (χ0n) is 12.6. The second-order valence-electron chi connectivity index (χ2n) is 5.13. The van der Waals surface area contributed by atoms with Crippen LogP contribution in [0.25, 0.3) is 0 Å². The van der Waals surface area contributed by atoms with E-state index in [1.807, 2.05) is 26.0 Å². The van der Waals surface area contributed by atoms with Gasteiger partial charge in [0.1, 0.15) is 5.56 Å². The first-order chi connectivity index (χ1) is 10.0. The largest absolute Gasteiger partial charge is 0.352 e. The quantitative estimate of drug-likeness (QED) is 0.936. The lowest BCUT2D eigenvalue weighted by Gasteiger charge is -2.09. The van der Waals surface area contributed by atoms with E-state index in [1.54, 1.807) is 22.9 Å². The number of hydrogen-bond acceptors (Lipinski definition) is 2. The summed E-state index contributed by atoms with van der Waals surface area (Å²) >= 11 is 0. The van der Waals surface area contributed by atoms with Crippen LogP contribution < -0.4 is 10.9 Å². The van der Waals surface area contributed by atoms with Gasteiger partial charge in [-0.05, 0) is 49.6 Å². The third-order valence-corrected chi connectivity index (χ3v) is 3.53. The molecule has 110 valence electrons. The Morgan fingerprint density at radius 2 is 1.95 bits per heavy atom. The standard InChI is InChI=1S/C17H20N2O2/c1-4-18-16(20)15-6-5-9-19(17(15)21)11-14-8-7-12(2)13(3)10-14/h5-10H,4,11H2,1-3H3,(H,18,20). The summed E-state index contributed by atoms with van der Waals surface area (Å²) in [6, 6.07) is 9.41. The summed E-state index contributed by atoms with van der Waals surface area (Å²) in [7, 11) is 0. The number of nitrogens with one attached hydrogen (secondary N) is 1. The molecular weight excluding hydrogens is 264 g/mol. The lowest BCUT2D eigenvalue weighted by atomic mass is 10.1. The van der Waals surface area contributed by atoms with Crippen LogP contribution in [0.1, 0.15) is 34.0 Å². The highest BCUT2D eigenvalue weighted by atomic mass is 16.2. The summed E-state index contributed by atoms with van der Waals surface area (Å²) in [4.78, 5) is 24.2. The molecule has 1 heterocycles. The molecule has 2 aromatic rings. The smallest absolute Gasteiger partial charge is 0.263 e. The zero-order valence-corrected chi connectivity index (χ0v) is 12.6. The van der Waals surface area contributed by atoms with Crippen molar-refractivity contribution >= 4 is 5.91 Å². The Morgan fingerprint density at radius 3 is 2.62 bits per heavy atom. The lowest BCUT2D eigenvalue weighted by Crippen LogP contribution is -2.32. The van der Waals surface area contributed by atoms with E-state index in [2.05, 4.69) is 18.3 Å². The molecule has 0 spiro atoms. The molecule has 0 bridgehead atoms. The Hall–Kier alpha value is -2.36. The number of aryl methyl sites for hydroxylation is 2. The Bertz CT molecular complexity index is 717. The molecule has 0 radical (unpaired) electrons. The molecule has 2 rings (SSSR count). The van der Waals surface area contributed by atoms with Crippen molar-refractivity contribution in [2.24, 2.45) is 0 Å². The van der Waals surface area contributed by atoms with E-state index in [-0.39, 0.29) is 17.0 Å². The summed E-state index contributed by atoms with van der Waals surface area (Å²) in [6.07, 6.45) is 1.71. The van der Waals surface area contributed by atoms with Gasteiger partial charge in [0.2, 0.25) is 0 Å². The molecule has 1 N–H and O–H groups in total. The molecular formula is C17H20N2O2. The van der Waals surface area contributed by atoms with Gasteiger partial charge in [-0.2, -0.15) is 0 Å². The number of nitrogens with zero attached hydrogens (tertiary/aromatic N) is 1. The molecule has 0 fully saturated rings. The third kappa shape index (κ3) is 3.40. The average Bonchev–Trinajstić information content (AvgIpc) is 2.45. The van der Waals surface area contributed by atoms with E-state index in [4.69, 9.17) is 0 Å². The van der Waals surface area contributed by atoms with Crippen LogP contribution in [0.2, 0.25) is 0 Å². The van der Waals surface area contributed by atoms with E-state index < -0.39 is 0 Å². The number of aromatic nitrogens is 1. The van der Waals surface area contributed by atoms with Crippen molar-refractivity contribution < 1.29 is 4.79 Å². The zero-order chi connectivity index (χ0) is 15.4. The normalized spacial score (nSPS) is 10.4. The number of pyridine rings is 1. The van der Waals surface area contributed by atoms with Crippen molar-refractivity contribution in [1.82, 2.24) is 9.88 Å². The molecule has 0 saturated carbocycles. The minimum Gasteiger partial charge on any atom is -0.352 e. The summed E-state index contributed by atoms with van der Waals surface area (Å²) in [5.41, 5.74) is 3.39. The molecule has 0 aliphatic heterocycles. The maximum Gasteiger partial charge on any atom is 0.263 e. The first-order valence-electron chi connectivity index (χ1n) is 7.06. The van der Waals surface area contributed by atoms with Crippen LogP contribution in [0.15, 0.2) is 41.3 Å². The molecule has 4 nitrogen and oxygen atoms in total. The summed E-state index contributed by atoms with van der Waals surface area (Å²) in [5.74, 6) is -0.322. The Balaban J connectivity index is 2.32. The average molecular weight is 284 g/mol. The highest BCUT2D eigenvalue weighted by Gasteiger charge is 2.11. The summed E-state index contributed by atoms with van der Waals surface area (Å²) < 4.78 is 1.56. The fourth-order valence-corrected chi connectivity index (χ4v) is 2.19. The van der Waals surface area contributed by atoms with Gasteiger partial charge in [-0.25, -0.2) is 0 Å². The van der Waals surface area contributed by atoms with Gasteiger partial charge in [0.05, 0.1) is 6.54 Å². The number of hydrogen-bond donors (Lipinski definition) is 1. The van der Waals surface area contributed by atoms with Crippen molar-refractivity contribution in [2.75, 3.05) is 6.54 Å². The van der Waals surface area contributed by atoms with Crippen molar-refractivity contribution in [3.8, 4) is 0 Å². The minimum absolute atomic E-state index is 0.184. The topological polar surface area (TPSA) is 51.1 Å². The maximum atomic E-state index is 12.3. The van der Waals surface area contributed by atoms with Gasteiger partial charge in [0.15, 0.2) is 0 Å². The van der Waals surface area contributed by atoms with Crippen molar-refractivity contribution in [1.29, 1.82) is 0 Å². The highest BCUT2D eigenvalue weighted by molar-refractivity contribution is 5.93. The Labute approximate surface area is 124 Å². The highest BCUT2D eigenvalue weighted by Crippen LogP contribution is 2.10. The van der Waals surface area contributed by atoms with E-state index in [9.17, 15) is 9.59 Å². The Kier molecular flexibility index (Phi) is 4.58. The number of carbonyl (C=O) groups is 1. The van der Waals surface area contributed by atoms with Gasteiger partial charge < -0.3 is 9.88 Å². The van der Waals surface area contributed by atoms with Gasteiger partial charge in [-0.1, -0.05) is 18.2 Å². The second kappa shape index (κ2) is 6.39. The first kappa shape index (κ1) is 15.0. The summed E-state index contributed by atoms with van der Waals surface area (Å²) in [6.45, 7) is 6.90. The molecule has 0 aliphatic carbocycles. The molecule has 0 atom stereocenters. The van der Waals surface area contributed by atoms with Crippen LogP contribution in [0.5, 0.6) is 0 Å². The van der Waals surface area contributed by atoms with Crippen LogP contribution >= 0.6 is 0 Å². The van der Waals surface area contributed by atoms with Crippen molar-refractivity contribution in [2.45, 2.75) is 27.3 Å². The Morgan fingerprint density at radius 1 is 1.19 bits per heavy atom. The molecule has 0 aliphatic rings. The predicted octanol–water partition coefficient (Wildman–Crippen LogP) is 2.26. The third-order valence-electron chi connectivity index (χ3n) is 3.53. The summed E-state index contributed by atoms with van der Waals surface area (Å²) in [5, 5.41) is 2.66. The molecule has 0 saturated heterocycles. The van der Waals surface area contributed by atoms with Gasteiger partial charge in [-0.15, -0.1) is 0 Å².